The van der Waals surface area contributed by atoms with E-state index in [-0.39, 0.29) is 5.78 Å². The SMILES string of the molecule is CC/C(=N\Nc1ccc(Cl)cc1)C(C)=O. The van der Waals surface area contributed by atoms with Gasteiger partial charge < -0.3 is 0 Å². The summed E-state index contributed by atoms with van der Waals surface area (Å²) in [7, 11) is 0. The first-order valence-corrected chi connectivity index (χ1v) is 5.10. The Morgan fingerprint density at radius 2 is 2.00 bits per heavy atom. The highest BCUT2D eigenvalue weighted by atomic mass is 35.5. The maximum atomic E-state index is 11.1. The first kappa shape index (κ1) is 11.7. The predicted molar refractivity (Wildman–Crippen MR) is 63.5 cm³/mol. The molecule has 0 aliphatic heterocycles. The number of halogens is 1. The summed E-state index contributed by atoms with van der Waals surface area (Å²) in [5.74, 6) is -0.0148. The molecule has 0 fully saturated rings. The number of carbonyl (C=O) groups is 1. The Kier molecular flexibility index (Phi) is 4.31. The molecular weight excluding hydrogens is 212 g/mol. The summed E-state index contributed by atoms with van der Waals surface area (Å²) in [5.41, 5.74) is 4.16. The number of hydrazone groups is 1. The van der Waals surface area contributed by atoms with Crippen LogP contribution in [-0.2, 0) is 4.79 Å². The lowest BCUT2D eigenvalue weighted by molar-refractivity contribution is -0.111. The summed E-state index contributed by atoms with van der Waals surface area (Å²) in [5, 5.41) is 4.69. The van der Waals surface area contributed by atoms with Crippen molar-refractivity contribution in [3.8, 4) is 0 Å². The molecule has 0 aliphatic rings. The van der Waals surface area contributed by atoms with E-state index in [1.165, 1.54) is 6.92 Å². The van der Waals surface area contributed by atoms with E-state index in [2.05, 4.69) is 10.5 Å². The van der Waals surface area contributed by atoms with Crippen molar-refractivity contribution in [2.75, 3.05) is 5.43 Å². The maximum Gasteiger partial charge on any atom is 0.175 e. The van der Waals surface area contributed by atoms with Crippen LogP contribution in [0.1, 0.15) is 20.3 Å². The standard InChI is InChI=1S/C11H13ClN2O/c1-3-11(8(2)15)14-13-10-6-4-9(12)5-7-10/h4-7,13H,3H2,1-2H3/b14-11+. The fraction of sp³-hybridized carbons (Fsp3) is 0.273. The number of benzene rings is 1. The van der Waals surface area contributed by atoms with E-state index < -0.39 is 0 Å². The molecule has 0 bridgehead atoms. The number of carbonyl (C=O) groups excluding carboxylic acids is 1. The molecular formula is C11H13ClN2O. The van der Waals surface area contributed by atoms with E-state index in [4.69, 9.17) is 11.6 Å². The second-order valence-corrected chi connectivity index (χ2v) is 3.52. The third-order valence-electron chi connectivity index (χ3n) is 1.91. The van der Waals surface area contributed by atoms with Crippen LogP contribution in [-0.4, -0.2) is 11.5 Å². The van der Waals surface area contributed by atoms with Gasteiger partial charge in [-0.3, -0.25) is 10.2 Å². The first-order valence-electron chi connectivity index (χ1n) is 4.72. The second-order valence-electron chi connectivity index (χ2n) is 3.09. The monoisotopic (exact) mass is 224 g/mol. The van der Waals surface area contributed by atoms with Gasteiger partial charge in [-0.15, -0.1) is 0 Å². The van der Waals surface area contributed by atoms with Crippen molar-refractivity contribution in [3.05, 3.63) is 29.3 Å². The van der Waals surface area contributed by atoms with Gasteiger partial charge in [-0.1, -0.05) is 18.5 Å². The van der Waals surface area contributed by atoms with Crippen LogP contribution in [0.2, 0.25) is 5.02 Å². The molecule has 0 aliphatic carbocycles. The van der Waals surface area contributed by atoms with Gasteiger partial charge in [0.25, 0.3) is 0 Å². The van der Waals surface area contributed by atoms with Crippen molar-refractivity contribution in [3.63, 3.8) is 0 Å². The minimum Gasteiger partial charge on any atom is -0.293 e. The van der Waals surface area contributed by atoms with Crippen LogP contribution in [0.4, 0.5) is 5.69 Å². The van der Waals surface area contributed by atoms with Gasteiger partial charge in [0, 0.05) is 11.9 Å². The molecule has 1 aromatic rings. The van der Waals surface area contributed by atoms with Gasteiger partial charge in [-0.05, 0) is 30.7 Å². The number of nitrogens with zero attached hydrogens (tertiary/aromatic N) is 1. The fourth-order valence-corrected chi connectivity index (χ4v) is 1.19. The highest BCUT2D eigenvalue weighted by Gasteiger charge is 2.01. The number of ketones is 1. The first-order chi connectivity index (χ1) is 7.13. The molecule has 4 heteroatoms. The minimum absolute atomic E-state index is 0.0148. The Bertz CT molecular complexity index is 371. The molecule has 0 saturated carbocycles. The quantitative estimate of drug-likeness (QED) is 0.631. The van der Waals surface area contributed by atoms with Crippen molar-refractivity contribution in [1.29, 1.82) is 0 Å². The van der Waals surface area contributed by atoms with Crippen LogP contribution in [0.5, 0.6) is 0 Å². The van der Waals surface area contributed by atoms with E-state index in [9.17, 15) is 4.79 Å². The van der Waals surface area contributed by atoms with Crippen LogP contribution in [0.15, 0.2) is 29.4 Å². The number of rotatable bonds is 4. The van der Waals surface area contributed by atoms with Gasteiger partial charge in [0.2, 0.25) is 0 Å². The molecule has 1 N–H and O–H groups in total. The topological polar surface area (TPSA) is 41.5 Å². The Labute approximate surface area is 94.1 Å². The lowest BCUT2D eigenvalue weighted by Crippen LogP contribution is -2.10. The molecule has 0 amide bonds. The Morgan fingerprint density at radius 3 is 2.47 bits per heavy atom. The molecule has 0 heterocycles. The summed E-state index contributed by atoms with van der Waals surface area (Å²) in [6.07, 6.45) is 0.621. The van der Waals surface area contributed by atoms with Crippen molar-refractivity contribution in [1.82, 2.24) is 0 Å². The lowest BCUT2D eigenvalue weighted by atomic mass is 10.2. The number of nitrogens with one attached hydrogen (secondary N) is 1. The van der Waals surface area contributed by atoms with Crippen molar-refractivity contribution in [2.45, 2.75) is 20.3 Å². The molecule has 0 unspecified atom stereocenters. The van der Waals surface area contributed by atoms with Crippen LogP contribution in [0.3, 0.4) is 0 Å². The Hall–Kier alpha value is -1.35. The van der Waals surface area contributed by atoms with Gasteiger partial charge in [0.05, 0.1) is 5.69 Å². The highest BCUT2D eigenvalue weighted by Crippen LogP contribution is 2.13. The number of anilines is 1. The molecule has 1 aromatic carbocycles. The van der Waals surface area contributed by atoms with Crippen LogP contribution in [0, 0.1) is 0 Å². The van der Waals surface area contributed by atoms with Crippen molar-refractivity contribution < 1.29 is 4.79 Å². The molecule has 0 radical (unpaired) electrons. The van der Waals surface area contributed by atoms with Crippen LogP contribution >= 0.6 is 11.6 Å². The molecule has 0 atom stereocenters. The molecule has 15 heavy (non-hydrogen) atoms. The average Bonchev–Trinajstić information content (AvgIpc) is 2.21. The average molecular weight is 225 g/mol. The molecule has 0 spiro atoms. The maximum absolute atomic E-state index is 11.1. The van der Waals surface area contributed by atoms with Gasteiger partial charge in [-0.25, -0.2) is 0 Å². The third-order valence-corrected chi connectivity index (χ3v) is 2.16. The predicted octanol–water partition coefficient (Wildman–Crippen LogP) is 3.11. The van der Waals surface area contributed by atoms with E-state index >= 15 is 0 Å². The normalized spacial score (nSPS) is 11.3. The number of hydrogen-bond acceptors (Lipinski definition) is 3. The summed E-state index contributed by atoms with van der Waals surface area (Å²) in [6.45, 7) is 3.40. The van der Waals surface area contributed by atoms with E-state index in [0.29, 0.717) is 17.2 Å². The summed E-state index contributed by atoms with van der Waals surface area (Å²) in [4.78, 5) is 11.1. The second kappa shape index (κ2) is 5.51. The molecule has 1 rings (SSSR count). The van der Waals surface area contributed by atoms with E-state index in [1.54, 1.807) is 24.3 Å². The number of Topliss-reactive ketones (excluding diaryl/α,β-unsaturated/α-hetero) is 1. The lowest BCUT2D eigenvalue weighted by Gasteiger charge is -2.02. The largest absolute Gasteiger partial charge is 0.293 e. The minimum atomic E-state index is -0.0148. The summed E-state index contributed by atoms with van der Waals surface area (Å²) >= 11 is 5.73. The number of hydrogen-bond donors (Lipinski definition) is 1. The third kappa shape index (κ3) is 3.72. The smallest absolute Gasteiger partial charge is 0.175 e. The van der Waals surface area contributed by atoms with Gasteiger partial charge in [0.1, 0.15) is 5.71 Å². The molecule has 3 nitrogen and oxygen atoms in total. The molecule has 0 saturated heterocycles. The summed E-state index contributed by atoms with van der Waals surface area (Å²) in [6, 6.07) is 7.14. The molecule has 80 valence electrons. The zero-order valence-corrected chi connectivity index (χ0v) is 9.51. The van der Waals surface area contributed by atoms with Gasteiger partial charge in [-0.2, -0.15) is 5.10 Å². The van der Waals surface area contributed by atoms with Crippen LogP contribution in [0.25, 0.3) is 0 Å². The van der Waals surface area contributed by atoms with Gasteiger partial charge in [0.15, 0.2) is 5.78 Å². The van der Waals surface area contributed by atoms with E-state index in [0.717, 1.165) is 5.69 Å². The van der Waals surface area contributed by atoms with Crippen molar-refractivity contribution >= 4 is 28.8 Å². The van der Waals surface area contributed by atoms with E-state index in [1.807, 2.05) is 6.92 Å². The highest BCUT2D eigenvalue weighted by molar-refractivity contribution is 6.39. The fourth-order valence-electron chi connectivity index (χ4n) is 1.06. The zero-order chi connectivity index (χ0) is 11.3. The Morgan fingerprint density at radius 1 is 1.40 bits per heavy atom. The van der Waals surface area contributed by atoms with Gasteiger partial charge >= 0.3 is 0 Å². The molecule has 0 aromatic heterocycles. The Balaban J connectivity index is 2.70. The summed E-state index contributed by atoms with van der Waals surface area (Å²) < 4.78 is 0. The zero-order valence-electron chi connectivity index (χ0n) is 8.75. The van der Waals surface area contributed by atoms with Crippen LogP contribution < -0.4 is 5.43 Å². The van der Waals surface area contributed by atoms with Crippen molar-refractivity contribution in [2.24, 2.45) is 5.10 Å².